The second-order valence-corrected chi connectivity index (χ2v) is 6.28. The number of hydrogen-bond donors (Lipinski definition) is 2. The number of carbonyl (C=O) groups is 1. The van der Waals surface area contributed by atoms with Gasteiger partial charge in [0.25, 0.3) is 0 Å². The topological polar surface area (TPSA) is 64.3 Å². The van der Waals surface area contributed by atoms with Gasteiger partial charge in [0.15, 0.2) is 0 Å². The van der Waals surface area contributed by atoms with Crippen LogP contribution in [0.4, 0.5) is 0 Å². The zero-order chi connectivity index (χ0) is 15.5. The van der Waals surface area contributed by atoms with Crippen molar-refractivity contribution >= 4 is 29.1 Å². The lowest BCUT2D eigenvalue weighted by molar-refractivity contribution is -0.130. The van der Waals surface area contributed by atoms with Gasteiger partial charge in [-0.05, 0) is 30.5 Å². The summed E-state index contributed by atoms with van der Waals surface area (Å²) in [4.78, 5) is 12.0. The number of nitrogens with two attached hydrogens (primary N) is 1. The van der Waals surface area contributed by atoms with Crippen LogP contribution in [-0.4, -0.2) is 32.2 Å². The summed E-state index contributed by atoms with van der Waals surface area (Å²) < 4.78 is 5.04. The molecule has 0 unspecified atom stereocenters. The van der Waals surface area contributed by atoms with E-state index in [-0.39, 0.29) is 17.9 Å². The molecule has 3 N–H and O–H groups in total. The number of ether oxygens (including phenoxy) is 1. The summed E-state index contributed by atoms with van der Waals surface area (Å²) in [6.45, 7) is 0.698. The minimum Gasteiger partial charge on any atom is -0.370 e. The minimum atomic E-state index is -0.609. The van der Waals surface area contributed by atoms with Gasteiger partial charge in [0.05, 0.1) is 0 Å². The van der Waals surface area contributed by atoms with E-state index in [4.69, 9.17) is 33.7 Å². The average molecular weight is 331 g/mol. The lowest BCUT2D eigenvalue weighted by Gasteiger charge is -2.43. The van der Waals surface area contributed by atoms with E-state index < -0.39 is 6.10 Å². The van der Waals surface area contributed by atoms with Gasteiger partial charge in [-0.15, -0.1) is 0 Å². The van der Waals surface area contributed by atoms with Crippen LogP contribution in [0.25, 0.3) is 0 Å². The molecule has 0 bridgehead atoms. The van der Waals surface area contributed by atoms with Gasteiger partial charge in [-0.25, -0.2) is 0 Å². The first-order chi connectivity index (χ1) is 10.0. The van der Waals surface area contributed by atoms with E-state index >= 15 is 0 Å². The number of nitrogens with one attached hydrogen (secondary N) is 1. The van der Waals surface area contributed by atoms with Crippen LogP contribution < -0.4 is 11.1 Å². The zero-order valence-corrected chi connectivity index (χ0v) is 13.5. The third-order valence-corrected chi connectivity index (χ3v) is 4.75. The number of halogens is 2. The molecular formula is C15H20Cl2N2O2. The van der Waals surface area contributed by atoms with Crippen LogP contribution in [0.1, 0.15) is 24.8 Å². The van der Waals surface area contributed by atoms with Gasteiger partial charge < -0.3 is 15.8 Å². The summed E-state index contributed by atoms with van der Waals surface area (Å²) in [5, 5.41) is 4.20. The molecule has 0 radical (unpaired) electrons. The van der Waals surface area contributed by atoms with Crippen molar-refractivity contribution in [3.05, 3.63) is 33.8 Å². The van der Waals surface area contributed by atoms with Crippen LogP contribution in [0.3, 0.4) is 0 Å². The molecule has 0 spiro atoms. The average Bonchev–Trinajstić information content (AvgIpc) is 2.40. The third-order valence-electron chi connectivity index (χ3n) is 4.21. The Bertz CT molecular complexity index is 514. The van der Waals surface area contributed by atoms with Gasteiger partial charge in [0.1, 0.15) is 6.10 Å². The van der Waals surface area contributed by atoms with Crippen molar-refractivity contribution in [2.24, 2.45) is 5.73 Å². The van der Waals surface area contributed by atoms with Gasteiger partial charge in [-0.3, -0.25) is 4.79 Å². The van der Waals surface area contributed by atoms with Gasteiger partial charge in [0.2, 0.25) is 5.91 Å². The van der Waals surface area contributed by atoms with Crippen LogP contribution in [0.2, 0.25) is 10.0 Å². The monoisotopic (exact) mass is 330 g/mol. The molecule has 1 saturated carbocycles. The van der Waals surface area contributed by atoms with Gasteiger partial charge >= 0.3 is 0 Å². The molecule has 2 rings (SSSR count). The molecule has 0 saturated heterocycles. The van der Waals surface area contributed by atoms with E-state index in [2.05, 4.69) is 5.32 Å². The molecule has 6 heteroatoms. The van der Waals surface area contributed by atoms with Crippen molar-refractivity contribution in [3.8, 4) is 0 Å². The molecule has 1 aliphatic rings. The summed E-state index contributed by atoms with van der Waals surface area (Å²) in [6, 6.07) is 5.54. The largest absolute Gasteiger partial charge is 0.370 e. The first-order valence-electron chi connectivity index (χ1n) is 6.98. The molecule has 1 aromatic carbocycles. The summed E-state index contributed by atoms with van der Waals surface area (Å²) in [5.74, 6) is -0.184. The van der Waals surface area contributed by atoms with E-state index in [9.17, 15) is 4.79 Å². The smallest absolute Gasteiger partial charge is 0.250 e. The van der Waals surface area contributed by atoms with Gasteiger partial charge in [0, 0.05) is 35.7 Å². The maximum absolute atomic E-state index is 12.0. The van der Waals surface area contributed by atoms with Gasteiger partial charge in [-0.1, -0.05) is 35.7 Å². The number of rotatable bonds is 6. The number of methoxy groups -OCH3 is 1. The Balaban J connectivity index is 2.10. The third kappa shape index (κ3) is 3.51. The van der Waals surface area contributed by atoms with Crippen LogP contribution in [-0.2, 0) is 14.9 Å². The molecular weight excluding hydrogens is 311 g/mol. The Morgan fingerprint density at radius 1 is 1.48 bits per heavy atom. The van der Waals surface area contributed by atoms with Crippen molar-refractivity contribution in [3.63, 3.8) is 0 Å². The highest BCUT2D eigenvalue weighted by Crippen LogP contribution is 2.46. The predicted octanol–water partition coefficient (Wildman–Crippen LogP) is 2.51. The summed E-state index contributed by atoms with van der Waals surface area (Å²) >= 11 is 12.3. The Morgan fingerprint density at radius 3 is 2.67 bits per heavy atom. The molecule has 116 valence electrons. The van der Waals surface area contributed by atoms with Crippen LogP contribution in [0, 0.1) is 0 Å². The standard InChI is InChI=1S/C15H20Cl2N2O2/c1-21-13(8-18)14(20)19-9-15(5-2-6-15)11-4-3-10(16)7-12(11)17/h3-4,7,13H,2,5-6,8-9,18H2,1H3,(H,19,20)/t13-/m0/s1. The maximum atomic E-state index is 12.0. The Kier molecular flexibility index (Phi) is 5.49. The van der Waals surface area contributed by atoms with Crippen molar-refractivity contribution in [2.45, 2.75) is 30.8 Å². The number of amides is 1. The molecule has 1 fully saturated rings. The Morgan fingerprint density at radius 2 is 2.19 bits per heavy atom. The molecule has 0 aliphatic heterocycles. The van der Waals surface area contributed by atoms with Crippen LogP contribution >= 0.6 is 23.2 Å². The Labute approximate surface area is 134 Å². The fraction of sp³-hybridized carbons (Fsp3) is 0.533. The van der Waals surface area contributed by atoms with Crippen molar-refractivity contribution in [1.82, 2.24) is 5.32 Å². The molecule has 1 atom stereocenters. The van der Waals surface area contributed by atoms with Crippen molar-refractivity contribution in [1.29, 1.82) is 0 Å². The molecule has 21 heavy (non-hydrogen) atoms. The summed E-state index contributed by atoms with van der Waals surface area (Å²) in [7, 11) is 1.48. The lowest BCUT2D eigenvalue weighted by Crippen LogP contribution is -2.49. The van der Waals surface area contributed by atoms with E-state index in [1.165, 1.54) is 7.11 Å². The van der Waals surface area contributed by atoms with E-state index in [0.717, 1.165) is 24.8 Å². The van der Waals surface area contributed by atoms with E-state index in [1.807, 2.05) is 12.1 Å². The van der Waals surface area contributed by atoms with Crippen molar-refractivity contribution < 1.29 is 9.53 Å². The molecule has 1 amide bonds. The Hall–Kier alpha value is -0.810. The highest BCUT2D eigenvalue weighted by Gasteiger charge is 2.40. The molecule has 1 aromatic rings. The molecule has 0 heterocycles. The van der Waals surface area contributed by atoms with E-state index in [1.54, 1.807) is 6.07 Å². The predicted molar refractivity (Wildman–Crippen MR) is 84.9 cm³/mol. The molecule has 1 aliphatic carbocycles. The highest BCUT2D eigenvalue weighted by molar-refractivity contribution is 6.35. The first kappa shape index (κ1) is 16.6. The summed E-state index contributed by atoms with van der Waals surface area (Å²) in [5.41, 5.74) is 6.44. The zero-order valence-electron chi connectivity index (χ0n) is 12.0. The van der Waals surface area contributed by atoms with Crippen molar-refractivity contribution in [2.75, 3.05) is 20.2 Å². The molecule has 0 aromatic heterocycles. The number of hydrogen-bond acceptors (Lipinski definition) is 3. The van der Waals surface area contributed by atoms with Gasteiger partial charge in [-0.2, -0.15) is 0 Å². The first-order valence-corrected chi connectivity index (χ1v) is 7.74. The van der Waals surface area contributed by atoms with Crippen LogP contribution in [0.5, 0.6) is 0 Å². The normalized spacial score (nSPS) is 17.9. The fourth-order valence-electron chi connectivity index (χ4n) is 2.74. The second-order valence-electron chi connectivity index (χ2n) is 5.44. The lowest BCUT2D eigenvalue weighted by atomic mass is 9.64. The summed E-state index contributed by atoms with van der Waals surface area (Å²) in [6.07, 6.45) is 2.51. The minimum absolute atomic E-state index is 0.107. The second kappa shape index (κ2) is 6.97. The number of carbonyl (C=O) groups excluding carboxylic acids is 1. The van der Waals surface area contributed by atoms with E-state index in [0.29, 0.717) is 16.6 Å². The molecule has 4 nitrogen and oxygen atoms in total. The van der Waals surface area contributed by atoms with Crippen LogP contribution in [0.15, 0.2) is 18.2 Å². The fourth-order valence-corrected chi connectivity index (χ4v) is 3.35. The highest BCUT2D eigenvalue weighted by atomic mass is 35.5. The maximum Gasteiger partial charge on any atom is 0.250 e. The SMILES string of the molecule is CO[C@@H](CN)C(=O)NCC1(c2ccc(Cl)cc2Cl)CCC1. The quantitative estimate of drug-likeness (QED) is 0.842. The number of benzene rings is 1.